The molecule has 0 atom stereocenters. The zero-order chi connectivity index (χ0) is 41.4. The number of rotatable bonds is 5. The molecule has 0 aliphatic carbocycles. The summed E-state index contributed by atoms with van der Waals surface area (Å²) in [7, 11) is 0. The standard InChI is InChI=1S/C60H37N3/c1-2-11-50(12-3-1)63-57-16-7-6-14-53(57)55-36-49(26-28-58(55)63)47-24-23-45-34-44(21-22-46(45)35-47)43-20-19-41-32-40(17-18-42(41)33-43)38-9-8-10-39(31-38)48-25-27-52-51-13-4-5-15-54(51)59-60(56(52)37-48)62-30-29-61-59/h1-37H. The van der Waals surface area contributed by atoms with Gasteiger partial charge in [0.15, 0.2) is 0 Å². The monoisotopic (exact) mass is 799 g/mol. The van der Waals surface area contributed by atoms with Crippen molar-refractivity contribution >= 4 is 75.9 Å². The zero-order valence-electron chi connectivity index (χ0n) is 34.2. The maximum atomic E-state index is 4.80. The van der Waals surface area contributed by atoms with E-state index in [1.54, 1.807) is 12.4 Å². The van der Waals surface area contributed by atoms with Gasteiger partial charge in [0.25, 0.3) is 0 Å². The van der Waals surface area contributed by atoms with Crippen LogP contribution in [0.2, 0.25) is 0 Å². The molecule has 0 fully saturated rings. The van der Waals surface area contributed by atoms with Gasteiger partial charge in [0, 0.05) is 39.6 Å². The van der Waals surface area contributed by atoms with Crippen molar-refractivity contribution in [3.63, 3.8) is 0 Å². The minimum absolute atomic E-state index is 0.935. The molecule has 63 heavy (non-hydrogen) atoms. The summed E-state index contributed by atoms with van der Waals surface area (Å²) in [5.74, 6) is 0. The normalized spacial score (nSPS) is 11.8. The van der Waals surface area contributed by atoms with E-state index in [0.717, 1.165) is 27.4 Å². The molecule has 0 saturated carbocycles. The summed E-state index contributed by atoms with van der Waals surface area (Å²) >= 11 is 0. The first-order valence-electron chi connectivity index (χ1n) is 21.5. The molecule has 0 amide bonds. The second-order valence-electron chi connectivity index (χ2n) is 16.6. The van der Waals surface area contributed by atoms with E-state index in [2.05, 4.69) is 217 Å². The highest BCUT2D eigenvalue weighted by atomic mass is 15.0. The number of aromatic nitrogens is 3. The average molecular weight is 800 g/mol. The molecule has 0 aliphatic rings. The van der Waals surface area contributed by atoms with Crippen LogP contribution in [-0.2, 0) is 0 Å². The molecule has 0 unspecified atom stereocenters. The minimum Gasteiger partial charge on any atom is -0.309 e. The Balaban J connectivity index is 0.799. The van der Waals surface area contributed by atoms with Gasteiger partial charge in [-0.2, -0.15) is 0 Å². The van der Waals surface area contributed by atoms with E-state index in [1.165, 1.54) is 98.8 Å². The Bertz CT molecular complexity index is 3940. The Hall–Kier alpha value is -8.40. The predicted octanol–water partition coefficient (Wildman–Crippen LogP) is 16.0. The van der Waals surface area contributed by atoms with Crippen molar-refractivity contribution in [2.75, 3.05) is 0 Å². The van der Waals surface area contributed by atoms with Crippen LogP contribution in [0.3, 0.4) is 0 Å². The van der Waals surface area contributed by atoms with Crippen LogP contribution in [0.15, 0.2) is 225 Å². The zero-order valence-corrected chi connectivity index (χ0v) is 34.2. The van der Waals surface area contributed by atoms with E-state index < -0.39 is 0 Å². The van der Waals surface area contributed by atoms with Gasteiger partial charge in [-0.05, 0) is 144 Å². The summed E-state index contributed by atoms with van der Waals surface area (Å²) in [5.41, 5.74) is 15.1. The van der Waals surface area contributed by atoms with Crippen molar-refractivity contribution in [3.05, 3.63) is 225 Å². The van der Waals surface area contributed by atoms with Crippen molar-refractivity contribution in [2.24, 2.45) is 0 Å². The summed E-state index contributed by atoms with van der Waals surface area (Å²) in [6, 6.07) is 77.7. The van der Waals surface area contributed by atoms with Gasteiger partial charge in [-0.15, -0.1) is 0 Å². The molecule has 13 rings (SSSR count). The molecular formula is C60H37N3. The highest BCUT2D eigenvalue weighted by Gasteiger charge is 2.15. The Morgan fingerprint density at radius 2 is 0.683 bits per heavy atom. The molecule has 3 heteroatoms. The third kappa shape index (κ3) is 5.82. The maximum Gasteiger partial charge on any atom is 0.0971 e. The van der Waals surface area contributed by atoms with Crippen LogP contribution in [-0.4, -0.2) is 14.5 Å². The van der Waals surface area contributed by atoms with Gasteiger partial charge in [0.1, 0.15) is 0 Å². The van der Waals surface area contributed by atoms with E-state index in [0.29, 0.717) is 0 Å². The maximum absolute atomic E-state index is 4.80. The lowest BCUT2D eigenvalue weighted by atomic mass is 9.93. The molecule has 0 aliphatic heterocycles. The topological polar surface area (TPSA) is 30.7 Å². The van der Waals surface area contributed by atoms with E-state index in [-0.39, 0.29) is 0 Å². The summed E-state index contributed by atoms with van der Waals surface area (Å²) in [4.78, 5) is 9.54. The van der Waals surface area contributed by atoms with Crippen molar-refractivity contribution in [1.82, 2.24) is 14.5 Å². The molecule has 2 aromatic heterocycles. The van der Waals surface area contributed by atoms with Gasteiger partial charge in [0.2, 0.25) is 0 Å². The third-order valence-electron chi connectivity index (χ3n) is 13.0. The van der Waals surface area contributed by atoms with Gasteiger partial charge < -0.3 is 4.57 Å². The lowest BCUT2D eigenvalue weighted by Crippen LogP contribution is -1.92. The van der Waals surface area contributed by atoms with Crippen molar-refractivity contribution in [2.45, 2.75) is 0 Å². The molecule has 0 saturated heterocycles. The number of hydrogen-bond acceptors (Lipinski definition) is 2. The fourth-order valence-electron chi connectivity index (χ4n) is 9.91. The first-order chi connectivity index (χ1) is 31.2. The summed E-state index contributed by atoms with van der Waals surface area (Å²) < 4.78 is 2.37. The Morgan fingerprint density at radius 1 is 0.254 bits per heavy atom. The van der Waals surface area contributed by atoms with Gasteiger partial charge in [-0.25, -0.2) is 0 Å². The number of para-hydroxylation sites is 2. The molecule has 0 radical (unpaired) electrons. The van der Waals surface area contributed by atoms with Crippen LogP contribution >= 0.6 is 0 Å². The Labute approximate surface area is 363 Å². The third-order valence-corrected chi connectivity index (χ3v) is 13.0. The molecule has 11 aromatic carbocycles. The molecule has 0 spiro atoms. The quantitative estimate of drug-likeness (QED) is 0.162. The number of nitrogens with zero attached hydrogens (tertiary/aromatic N) is 3. The highest BCUT2D eigenvalue weighted by Crippen LogP contribution is 2.39. The molecule has 292 valence electrons. The number of hydrogen-bond donors (Lipinski definition) is 0. The van der Waals surface area contributed by atoms with Crippen LogP contribution < -0.4 is 0 Å². The summed E-state index contributed by atoms with van der Waals surface area (Å²) in [6.07, 6.45) is 3.57. The van der Waals surface area contributed by atoms with E-state index in [4.69, 9.17) is 9.97 Å². The van der Waals surface area contributed by atoms with Crippen molar-refractivity contribution in [3.8, 4) is 50.2 Å². The summed E-state index contributed by atoms with van der Waals surface area (Å²) in [6.45, 7) is 0. The fourth-order valence-corrected chi connectivity index (χ4v) is 9.91. The van der Waals surface area contributed by atoms with Crippen LogP contribution in [0.1, 0.15) is 0 Å². The van der Waals surface area contributed by atoms with E-state index >= 15 is 0 Å². The van der Waals surface area contributed by atoms with Gasteiger partial charge >= 0.3 is 0 Å². The minimum atomic E-state index is 0.935. The molecule has 0 N–H and O–H groups in total. The SMILES string of the molecule is c1ccc(-n2c3ccccc3c3cc(-c4ccc5cc(-c6ccc7cc(-c8cccc(-c9ccc%10c%11ccccc%11c%11nccnc%11c%10c9)c8)ccc7c6)ccc5c4)ccc32)cc1. The highest BCUT2D eigenvalue weighted by molar-refractivity contribution is 6.23. The van der Waals surface area contributed by atoms with Crippen LogP contribution in [0.25, 0.3) is 126 Å². The number of benzene rings is 11. The van der Waals surface area contributed by atoms with Crippen molar-refractivity contribution in [1.29, 1.82) is 0 Å². The molecule has 13 aromatic rings. The van der Waals surface area contributed by atoms with Crippen molar-refractivity contribution < 1.29 is 0 Å². The fraction of sp³-hybridized carbons (Fsp3) is 0. The molecule has 2 heterocycles. The van der Waals surface area contributed by atoms with E-state index in [9.17, 15) is 0 Å². The lowest BCUT2D eigenvalue weighted by Gasteiger charge is -2.12. The molecular weight excluding hydrogens is 763 g/mol. The second-order valence-corrected chi connectivity index (χ2v) is 16.6. The van der Waals surface area contributed by atoms with E-state index in [1.807, 2.05) is 0 Å². The summed E-state index contributed by atoms with van der Waals surface area (Å²) in [5, 5.41) is 12.1. The van der Waals surface area contributed by atoms with Crippen LogP contribution in [0.4, 0.5) is 0 Å². The van der Waals surface area contributed by atoms with Crippen LogP contribution in [0, 0.1) is 0 Å². The van der Waals surface area contributed by atoms with Gasteiger partial charge in [-0.1, -0.05) is 146 Å². The smallest absolute Gasteiger partial charge is 0.0971 e. The number of fused-ring (bicyclic) bond motifs is 11. The van der Waals surface area contributed by atoms with Crippen LogP contribution in [0.5, 0.6) is 0 Å². The van der Waals surface area contributed by atoms with Gasteiger partial charge in [-0.3, -0.25) is 9.97 Å². The molecule has 3 nitrogen and oxygen atoms in total. The average Bonchev–Trinajstić information content (AvgIpc) is 3.69. The molecule has 0 bridgehead atoms. The largest absolute Gasteiger partial charge is 0.309 e. The lowest BCUT2D eigenvalue weighted by molar-refractivity contribution is 1.18. The first-order valence-corrected chi connectivity index (χ1v) is 21.5. The predicted molar refractivity (Wildman–Crippen MR) is 266 cm³/mol. The Kier molecular flexibility index (Phi) is 7.91. The Morgan fingerprint density at radius 3 is 1.30 bits per heavy atom. The second kappa shape index (κ2) is 14.1. The first kappa shape index (κ1) is 35.4. The van der Waals surface area contributed by atoms with Gasteiger partial charge in [0.05, 0.1) is 22.1 Å².